The lowest BCUT2D eigenvalue weighted by molar-refractivity contribution is -0.138. The Labute approximate surface area is 165 Å². The van der Waals surface area contributed by atoms with E-state index in [-0.39, 0.29) is 23.5 Å². The van der Waals surface area contributed by atoms with E-state index in [2.05, 4.69) is 15.5 Å². The highest BCUT2D eigenvalue weighted by Gasteiger charge is 2.33. The third-order valence-corrected chi connectivity index (χ3v) is 4.95. The summed E-state index contributed by atoms with van der Waals surface area (Å²) in [5.41, 5.74) is 0.662. The Kier molecular flexibility index (Phi) is 6.30. The predicted octanol–water partition coefficient (Wildman–Crippen LogP) is 1.80. The molecule has 1 saturated heterocycles. The van der Waals surface area contributed by atoms with Gasteiger partial charge in [-0.15, -0.1) is 5.10 Å². The van der Waals surface area contributed by atoms with Crippen molar-refractivity contribution in [2.75, 3.05) is 6.61 Å². The van der Waals surface area contributed by atoms with Gasteiger partial charge in [-0.2, -0.15) is 5.10 Å². The van der Waals surface area contributed by atoms with Gasteiger partial charge in [-0.25, -0.2) is 0 Å². The second-order valence-corrected chi connectivity index (χ2v) is 7.37. The van der Waals surface area contributed by atoms with Crippen LogP contribution in [0.3, 0.4) is 0 Å². The van der Waals surface area contributed by atoms with Gasteiger partial charge in [0.2, 0.25) is 5.91 Å². The molecule has 1 amide bonds. The third-order valence-electron chi connectivity index (χ3n) is 3.88. The number of thioether (sulfide) groups is 1. The molecule has 2 N–H and O–H groups in total. The van der Waals surface area contributed by atoms with Crippen molar-refractivity contribution in [3.63, 3.8) is 0 Å². The van der Waals surface area contributed by atoms with Gasteiger partial charge in [0.25, 0.3) is 0 Å². The highest BCUT2D eigenvalue weighted by Crippen LogP contribution is 2.34. The van der Waals surface area contributed by atoms with Gasteiger partial charge in [0.1, 0.15) is 5.25 Å². The molecule has 1 unspecified atom stereocenters. The minimum atomic E-state index is -1.05. The molecule has 0 spiro atoms. The molecule has 148 valence electrons. The molecule has 0 aromatic heterocycles. The summed E-state index contributed by atoms with van der Waals surface area (Å²) < 4.78 is 10.9. The van der Waals surface area contributed by atoms with Crippen molar-refractivity contribution in [1.29, 1.82) is 0 Å². The molecule has 1 aliphatic carbocycles. The highest BCUT2D eigenvalue weighted by molar-refractivity contribution is 8.15. The maximum absolute atomic E-state index is 11.9. The molecule has 1 aliphatic heterocycles. The summed E-state index contributed by atoms with van der Waals surface area (Å²) >= 11 is 1.02. The largest absolute Gasteiger partial charge is 0.490 e. The van der Waals surface area contributed by atoms with E-state index in [0.29, 0.717) is 23.7 Å². The first-order chi connectivity index (χ1) is 13.5. The fraction of sp³-hybridized carbons (Fsp3) is 0.389. The van der Waals surface area contributed by atoms with E-state index in [1.54, 1.807) is 18.2 Å². The third kappa shape index (κ3) is 5.32. The second-order valence-electron chi connectivity index (χ2n) is 6.18. The van der Waals surface area contributed by atoms with Crippen molar-refractivity contribution in [2.24, 2.45) is 16.1 Å². The maximum Gasteiger partial charge on any atom is 0.314 e. The lowest BCUT2D eigenvalue weighted by atomic mass is 10.2. The minimum absolute atomic E-state index is 0.0179. The molecule has 1 aromatic rings. The number of carbonyl (C=O) groups is 3. The van der Waals surface area contributed by atoms with E-state index in [9.17, 15) is 14.4 Å². The van der Waals surface area contributed by atoms with E-state index in [1.807, 2.05) is 6.92 Å². The zero-order valence-corrected chi connectivity index (χ0v) is 15.9. The maximum atomic E-state index is 11.9. The van der Waals surface area contributed by atoms with Crippen LogP contribution in [0.25, 0.3) is 0 Å². The number of amidine groups is 1. The van der Waals surface area contributed by atoms with Gasteiger partial charge in [0, 0.05) is 0 Å². The zero-order valence-electron chi connectivity index (χ0n) is 15.1. The zero-order chi connectivity index (χ0) is 20.1. The number of amides is 1. The summed E-state index contributed by atoms with van der Waals surface area (Å²) in [6.07, 6.45) is 2.89. The summed E-state index contributed by atoms with van der Waals surface area (Å²) in [4.78, 5) is 34.2. The van der Waals surface area contributed by atoms with E-state index < -0.39 is 17.1 Å². The number of hydrogen-bond acceptors (Lipinski definition) is 8. The fourth-order valence-electron chi connectivity index (χ4n) is 2.36. The van der Waals surface area contributed by atoms with Gasteiger partial charge < -0.3 is 19.9 Å². The number of carboxylic acids is 1. The molecule has 10 heteroatoms. The van der Waals surface area contributed by atoms with Crippen LogP contribution in [0.15, 0.2) is 28.4 Å². The van der Waals surface area contributed by atoms with Crippen LogP contribution in [-0.4, -0.2) is 46.2 Å². The molecule has 1 atom stereocenters. The van der Waals surface area contributed by atoms with E-state index in [0.717, 1.165) is 24.6 Å². The number of ether oxygens (including phenoxy) is 2. The van der Waals surface area contributed by atoms with Crippen LogP contribution < -0.4 is 14.8 Å². The molecular weight excluding hydrogens is 386 g/mol. The molecule has 3 rings (SSSR count). The molecule has 1 saturated carbocycles. The Morgan fingerprint density at radius 2 is 2.14 bits per heavy atom. The molecule has 1 heterocycles. The van der Waals surface area contributed by atoms with Crippen LogP contribution in [-0.2, 0) is 14.4 Å². The summed E-state index contributed by atoms with van der Waals surface area (Å²) in [5, 5.41) is 18.6. The number of esters is 1. The minimum Gasteiger partial charge on any atom is -0.490 e. The Morgan fingerprint density at radius 3 is 2.82 bits per heavy atom. The first-order valence-corrected chi connectivity index (χ1v) is 9.63. The van der Waals surface area contributed by atoms with Crippen LogP contribution in [0.4, 0.5) is 0 Å². The number of rotatable bonds is 8. The number of nitrogens with one attached hydrogen (secondary N) is 1. The highest BCUT2D eigenvalue weighted by atomic mass is 32.2. The van der Waals surface area contributed by atoms with Gasteiger partial charge in [0.05, 0.1) is 25.2 Å². The molecule has 2 aliphatic rings. The quantitative estimate of drug-likeness (QED) is 0.292. The normalized spacial score (nSPS) is 20.4. The van der Waals surface area contributed by atoms with Crippen LogP contribution in [0.1, 0.15) is 31.7 Å². The van der Waals surface area contributed by atoms with E-state index in [4.69, 9.17) is 14.6 Å². The van der Waals surface area contributed by atoms with Crippen LogP contribution >= 0.6 is 11.8 Å². The van der Waals surface area contributed by atoms with Crippen LogP contribution in [0, 0.1) is 5.92 Å². The molecular formula is C18H19N3O6S. The van der Waals surface area contributed by atoms with Gasteiger partial charge >= 0.3 is 11.9 Å². The topological polar surface area (TPSA) is 127 Å². The smallest absolute Gasteiger partial charge is 0.314 e. The van der Waals surface area contributed by atoms with E-state index >= 15 is 0 Å². The van der Waals surface area contributed by atoms with Crippen molar-refractivity contribution < 1.29 is 29.0 Å². The summed E-state index contributed by atoms with van der Waals surface area (Å²) in [7, 11) is 0. The monoisotopic (exact) mass is 405 g/mol. The summed E-state index contributed by atoms with van der Waals surface area (Å²) in [6.45, 7) is 2.23. The number of nitrogens with zero attached hydrogens (tertiary/aromatic N) is 2. The summed E-state index contributed by atoms with van der Waals surface area (Å²) in [5.74, 6) is -0.935. The van der Waals surface area contributed by atoms with Crippen LogP contribution in [0.2, 0.25) is 0 Å². The number of carboxylic acid groups (broad SMARTS) is 1. The Balaban J connectivity index is 1.66. The predicted molar refractivity (Wildman–Crippen MR) is 103 cm³/mol. The fourth-order valence-corrected chi connectivity index (χ4v) is 3.28. The second kappa shape index (κ2) is 8.87. The average molecular weight is 405 g/mol. The molecule has 0 bridgehead atoms. The Bertz CT molecular complexity index is 850. The Hall–Kier alpha value is -2.88. The average Bonchev–Trinajstić information content (AvgIpc) is 3.43. The molecule has 28 heavy (non-hydrogen) atoms. The van der Waals surface area contributed by atoms with Gasteiger partial charge in [-0.3, -0.25) is 14.4 Å². The lowest BCUT2D eigenvalue weighted by Gasteiger charge is -2.10. The number of benzene rings is 1. The summed E-state index contributed by atoms with van der Waals surface area (Å²) in [6, 6.07) is 5.01. The molecule has 1 aromatic carbocycles. The van der Waals surface area contributed by atoms with Crippen LogP contribution in [0.5, 0.6) is 11.5 Å². The first-order valence-electron chi connectivity index (χ1n) is 8.75. The van der Waals surface area contributed by atoms with Crippen molar-refractivity contribution >= 4 is 41.0 Å². The van der Waals surface area contributed by atoms with Gasteiger partial charge in [-0.1, -0.05) is 11.8 Å². The van der Waals surface area contributed by atoms with Crippen molar-refractivity contribution in [3.8, 4) is 11.5 Å². The lowest BCUT2D eigenvalue weighted by Crippen LogP contribution is -2.26. The van der Waals surface area contributed by atoms with Gasteiger partial charge in [0.15, 0.2) is 16.7 Å². The number of carbonyl (C=O) groups excluding carboxylic acids is 2. The number of hydrogen-bond donors (Lipinski definition) is 2. The SMILES string of the molecule is CCOc1cc(C=NN=C2NC(=O)C(CC(=O)O)S2)ccc1OC(=O)C1CC1. The number of aliphatic carboxylic acids is 1. The molecule has 2 fully saturated rings. The molecule has 0 radical (unpaired) electrons. The van der Waals surface area contributed by atoms with E-state index in [1.165, 1.54) is 6.21 Å². The first kappa shape index (κ1) is 19.9. The van der Waals surface area contributed by atoms with Crippen molar-refractivity contribution in [3.05, 3.63) is 23.8 Å². The standard InChI is InChI=1S/C18H19N3O6S/c1-2-26-13-7-10(3-6-12(13)27-17(25)11-4-5-11)9-19-21-18-20-16(24)14(28-18)8-15(22)23/h3,6-7,9,11,14H,2,4-5,8H2,1H3,(H,22,23)(H,20,21,24). The van der Waals surface area contributed by atoms with Crippen molar-refractivity contribution in [2.45, 2.75) is 31.4 Å². The van der Waals surface area contributed by atoms with Gasteiger partial charge in [-0.05, 0) is 43.5 Å². The molecule has 9 nitrogen and oxygen atoms in total. The Morgan fingerprint density at radius 1 is 1.36 bits per heavy atom. The van der Waals surface area contributed by atoms with Crippen molar-refractivity contribution in [1.82, 2.24) is 5.32 Å².